The normalized spacial score (nSPS) is 14.2. The molecule has 0 saturated heterocycles. The molecular formula is C16H17N5O2. The van der Waals surface area contributed by atoms with Gasteiger partial charge >= 0.3 is 0 Å². The van der Waals surface area contributed by atoms with Crippen molar-refractivity contribution in [3.05, 3.63) is 47.9 Å². The maximum Gasteiger partial charge on any atom is 0.274 e. The Hall–Kier alpha value is -2.96. The summed E-state index contributed by atoms with van der Waals surface area (Å²) in [6, 6.07) is 7.08. The maximum absolute atomic E-state index is 12.6. The highest BCUT2D eigenvalue weighted by molar-refractivity contribution is 6.03. The minimum absolute atomic E-state index is 0.0222. The molecular weight excluding hydrogens is 294 g/mol. The monoisotopic (exact) mass is 311 g/mol. The molecule has 0 spiro atoms. The van der Waals surface area contributed by atoms with E-state index in [1.807, 2.05) is 24.3 Å². The van der Waals surface area contributed by atoms with E-state index < -0.39 is 11.9 Å². The van der Waals surface area contributed by atoms with Gasteiger partial charge < -0.3 is 16.0 Å². The van der Waals surface area contributed by atoms with E-state index in [-0.39, 0.29) is 17.4 Å². The highest BCUT2D eigenvalue weighted by atomic mass is 16.2. The van der Waals surface area contributed by atoms with Gasteiger partial charge in [-0.3, -0.25) is 9.59 Å². The van der Waals surface area contributed by atoms with E-state index in [9.17, 15) is 9.59 Å². The molecule has 1 aromatic heterocycles. The SMILES string of the molecule is C[C@@H](NC(=O)c1nccnc1N)C(=O)N1CCc2ccccc21. The highest BCUT2D eigenvalue weighted by Gasteiger charge is 2.29. The average molecular weight is 311 g/mol. The van der Waals surface area contributed by atoms with Crippen LogP contribution in [0.3, 0.4) is 0 Å². The van der Waals surface area contributed by atoms with Crippen LogP contribution in [0.4, 0.5) is 11.5 Å². The van der Waals surface area contributed by atoms with Crippen molar-refractivity contribution in [2.75, 3.05) is 17.2 Å². The largest absolute Gasteiger partial charge is 0.382 e. The number of aromatic nitrogens is 2. The zero-order chi connectivity index (χ0) is 16.4. The van der Waals surface area contributed by atoms with E-state index in [1.165, 1.54) is 12.4 Å². The molecule has 0 radical (unpaired) electrons. The van der Waals surface area contributed by atoms with Gasteiger partial charge in [0.1, 0.15) is 6.04 Å². The van der Waals surface area contributed by atoms with Gasteiger partial charge in [0.05, 0.1) is 0 Å². The van der Waals surface area contributed by atoms with E-state index in [0.717, 1.165) is 17.7 Å². The highest BCUT2D eigenvalue weighted by Crippen LogP contribution is 2.27. The lowest BCUT2D eigenvalue weighted by atomic mass is 10.2. The summed E-state index contributed by atoms with van der Waals surface area (Å²) in [6.07, 6.45) is 3.61. The van der Waals surface area contributed by atoms with Crippen molar-refractivity contribution in [1.82, 2.24) is 15.3 Å². The van der Waals surface area contributed by atoms with E-state index in [0.29, 0.717) is 6.54 Å². The van der Waals surface area contributed by atoms with E-state index >= 15 is 0 Å². The molecule has 0 unspecified atom stereocenters. The zero-order valence-corrected chi connectivity index (χ0v) is 12.7. The molecule has 0 aliphatic carbocycles. The van der Waals surface area contributed by atoms with Crippen LogP contribution in [0.1, 0.15) is 23.0 Å². The number of carbonyl (C=O) groups excluding carboxylic acids is 2. The lowest BCUT2D eigenvalue weighted by Crippen LogP contribution is -2.46. The van der Waals surface area contributed by atoms with Gasteiger partial charge in [0.15, 0.2) is 11.5 Å². The standard InChI is InChI=1S/C16H17N5O2/c1-10(20-15(22)13-14(17)19-8-7-18-13)16(23)21-9-6-11-4-2-3-5-12(11)21/h2-5,7-8,10H,6,9H2,1H3,(H2,17,19)(H,20,22)/t10-/m1/s1. The molecule has 2 heterocycles. The van der Waals surface area contributed by atoms with Gasteiger partial charge in [0.25, 0.3) is 5.91 Å². The predicted molar refractivity (Wildman–Crippen MR) is 85.9 cm³/mol. The Balaban J connectivity index is 1.72. The first kappa shape index (κ1) is 15.0. The van der Waals surface area contributed by atoms with Gasteiger partial charge in [-0.2, -0.15) is 0 Å². The molecule has 1 aliphatic rings. The van der Waals surface area contributed by atoms with Crippen LogP contribution < -0.4 is 16.0 Å². The van der Waals surface area contributed by atoms with Crippen molar-refractivity contribution in [3.8, 4) is 0 Å². The van der Waals surface area contributed by atoms with Crippen molar-refractivity contribution in [2.45, 2.75) is 19.4 Å². The van der Waals surface area contributed by atoms with Gasteiger partial charge in [-0.1, -0.05) is 18.2 Å². The number of amides is 2. The van der Waals surface area contributed by atoms with Crippen LogP contribution in [0.5, 0.6) is 0 Å². The fourth-order valence-electron chi connectivity index (χ4n) is 2.65. The number of hydrogen-bond donors (Lipinski definition) is 2. The number of nitrogen functional groups attached to an aromatic ring is 1. The summed E-state index contributed by atoms with van der Waals surface area (Å²) in [7, 11) is 0. The molecule has 0 bridgehead atoms. The summed E-state index contributed by atoms with van der Waals surface area (Å²) >= 11 is 0. The molecule has 1 aliphatic heterocycles. The second kappa shape index (κ2) is 6.04. The Morgan fingerprint density at radius 3 is 2.78 bits per heavy atom. The molecule has 7 nitrogen and oxygen atoms in total. The van der Waals surface area contributed by atoms with Gasteiger partial charge in [0.2, 0.25) is 5.91 Å². The molecule has 2 amide bonds. The minimum Gasteiger partial charge on any atom is -0.382 e. The Bertz CT molecular complexity index is 762. The molecule has 1 atom stereocenters. The van der Waals surface area contributed by atoms with Crippen molar-refractivity contribution in [2.24, 2.45) is 0 Å². The first-order valence-corrected chi connectivity index (χ1v) is 7.34. The molecule has 0 saturated carbocycles. The van der Waals surface area contributed by atoms with E-state index in [2.05, 4.69) is 15.3 Å². The topological polar surface area (TPSA) is 101 Å². The maximum atomic E-state index is 12.6. The van der Waals surface area contributed by atoms with Crippen LogP contribution in [0.15, 0.2) is 36.7 Å². The number of hydrogen-bond acceptors (Lipinski definition) is 5. The fourth-order valence-corrected chi connectivity index (χ4v) is 2.65. The Kier molecular flexibility index (Phi) is 3.92. The predicted octanol–water partition coefficient (Wildman–Crippen LogP) is 0.766. The number of nitrogens with one attached hydrogen (secondary N) is 1. The molecule has 3 rings (SSSR count). The van der Waals surface area contributed by atoms with Crippen LogP contribution in [0.2, 0.25) is 0 Å². The van der Waals surface area contributed by atoms with Gasteiger partial charge in [0, 0.05) is 24.6 Å². The minimum atomic E-state index is -0.685. The number of nitrogens with two attached hydrogens (primary N) is 1. The lowest BCUT2D eigenvalue weighted by Gasteiger charge is -2.22. The van der Waals surface area contributed by atoms with Gasteiger partial charge in [-0.25, -0.2) is 9.97 Å². The third kappa shape index (κ3) is 2.85. The first-order chi connectivity index (χ1) is 11.1. The van der Waals surface area contributed by atoms with Crippen molar-refractivity contribution in [1.29, 1.82) is 0 Å². The number of carbonyl (C=O) groups is 2. The number of benzene rings is 1. The summed E-state index contributed by atoms with van der Waals surface area (Å²) in [5.41, 5.74) is 7.69. The summed E-state index contributed by atoms with van der Waals surface area (Å²) < 4.78 is 0. The smallest absolute Gasteiger partial charge is 0.274 e. The molecule has 0 fully saturated rings. The molecule has 7 heteroatoms. The molecule has 118 valence electrons. The lowest BCUT2D eigenvalue weighted by molar-refractivity contribution is -0.119. The third-order valence-electron chi connectivity index (χ3n) is 3.81. The molecule has 3 N–H and O–H groups in total. The summed E-state index contributed by atoms with van der Waals surface area (Å²) in [5, 5.41) is 2.63. The Morgan fingerprint density at radius 2 is 2.00 bits per heavy atom. The van der Waals surface area contributed by atoms with Crippen molar-refractivity contribution in [3.63, 3.8) is 0 Å². The third-order valence-corrected chi connectivity index (χ3v) is 3.81. The van der Waals surface area contributed by atoms with Gasteiger partial charge in [-0.05, 0) is 25.0 Å². The van der Waals surface area contributed by atoms with Crippen LogP contribution in [-0.4, -0.2) is 34.4 Å². The van der Waals surface area contributed by atoms with E-state index in [4.69, 9.17) is 5.73 Å². The van der Waals surface area contributed by atoms with Crippen LogP contribution in [-0.2, 0) is 11.2 Å². The van der Waals surface area contributed by atoms with Crippen molar-refractivity contribution >= 4 is 23.3 Å². The second-order valence-corrected chi connectivity index (χ2v) is 5.35. The van der Waals surface area contributed by atoms with Crippen molar-refractivity contribution < 1.29 is 9.59 Å². The number of fused-ring (bicyclic) bond motifs is 1. The Labute approximate surface area is 133 Å². The van der Waals surface area contributed by atoms with E-state index in [1.54, 1.807) is 11.8 Å². The average Bonchev–Trinajstić information content (AvgIpc) is 2.98. The summed E-state index contributed by atoms with van der Waals surface area (Å²) in [4.78, 5) is 34.2. The molecule has 23 heavy (non-hydrogen) atoms. The number of anilines is 2. The molecule has 2 aromatic rings. The quantitative estimate of drug-likeness (QED) is 0.871. The first-order valence-electron chi connectivity index (χ1n) is 7.34. The zero-order valence-electron chi connectivity index (χ0n) is 12.7. The van der Waals surface area contributed by atoms with Crippen LogP contribution in [0.25, 0.3) is 0 Å². The van der Waals surface area contributed by atoms with Crippen LogP contribution >= 0.6 is 0 Å². The molecule has 1 aromatic carbocycles. The van der Waals surface area contributed by atoms with Crippen LogP contribution in [0, 0.1) is 0 Å². The summed E-state index contributed by atoms with van der Waals surface area (Å²) in [6.45, 7) is 2.26. The second-order valence-electron chi connectivity index (χ2n) is 5.35. The summed E-state index contributed by atoms with van der Waals surface area (Å²) in [5.74, 6) is -0.633. The Morgan fingerprint density at radius 1 is 1.26 bits per heavy atom. The fraction of sp³-hybridized carbons (Fsp3) is 0.250. The number of nitrogens with zero attached hydrogens (tertiary/aromatic N) is 3. The number of para-hydroxylation sites is 1. The van der Waals surface area contributed by atoms with Gasteiger partial charge in [-0.15, -0.1) is 0 Å². The number of rotatable bonds is 3.